The molecule has 8 aromatic carbocycles. The predicted octanol–water partition coefficient (Wildman–Crippen LogP) is 8.84. The first-order valence-corrected chi connectivity index (χ1v) is 15.8. The van der Waals surface area contributed by atoms with Gasteiger partial charge in [-0.1, -0.05) is 97.1 Å². The lowest BCUT2D eigenvalue weighted by Gasteiger charge is -2.30. The third kappa shape index (κ3) is 4.13. The smallest absolute Gasteiger partial charge is 0.0642 e. The van der Waals surface area contributed by atoms with Crippen LogP contribution in [0.5, 0.6) is 0 Å². The zero-order valence-electron chi connectivity index (χ0n) is 24.8. The number of hydrogen-bond donors (Lipinski definition) is 0. The first kappa shape index (κ1) is 25.8. The van der Waals surface area contributed by atoms with Crippen LogP contribution < -0.4 is 9.80 Å². The van der Waals surface area contributed by atoms with Crippen molar-refractivity contribution in [3.05, 3.63) is 109 Å². The van der Waals surface area contributed by atoms with Crippen molar-refractivity contribution in [3.63, 3.8) is 0 Å². The molecule has 1 aliphatic rings. The largest absolute Gasteiger partial charge is 0.378 e. The molecular weight excluding hydrogens is 540 g/mol. The van der Waals surface area contributed by atoms with E-state index in [0.29, 0.717) is 26.4 Å². The molecule has 0 radical (unpaired) electrons. The second-order valence-corrected chi connectivity index (χ2v) is 12.1. The van der Waals surface area contributed by atoms with Crippen LogP contribution in [-0.2, 0) is 9.47 Å². The highest BCUT2D eigenvalue weighted by Gasteiger charge is 2.18. The number of hydrogen-bond acceptors (Lipinski definition) is 4. The lowest BCUT2D eigenvalue weighted by molar-refractivity contribution is 0.123. The van der Waals surface area contributed by atoms with Crippen LogP contribution in [0.2, 0.25) is 0 Å². The fourth-order valence-corrected chi connectivity index (χ4v) is 7.60. The maximum absolute atomic E-state index is 6.34. The van der Waals surface area contributed by atoms with Gasteiger partial charge >= 0.3 is 0 Å². The summed E-state index contributed by atoms with van der Waals surface area (Å²) in [6.07, 6.45) is 0. The Bertz CT molecular complexity index is 2070. The van der Waals surface area contributed by atoms with Crippen molar-refractivity contribution in [2.45, 2.75) is 0 Å². The van der Waals surface area contributed by atoms with E-state index >= 15 is 0 Å². The van der Waals surface area contributed by atoms with E-state index in [2.05, 4.69) is 119 Å². The van der Waals surface area contributed by atoms with Crippen LogP contribution >= 0.6 is 0 Å². The minimum Gasteiger partial charge on any atom is -0.378 e. The van der Waals surface area contributed by atoms with Crippen molar-refractivity contribution in [1.82, 2.24) is 0 Å². The molecule has 1 heterocycles. The van der Waals surface area contributed by atoms with Gasteiger partial charge in [-0.2, -0.15) is 0 Å². The number of benzene rings is 8. The van der Waals surface area contributed by atoms with Gasteiger partial charge in [0, 0.05) is 48.3 Å². The van der Waals surface area contributed by atoms with Gasteiger partial charge in [-0.25, -0.2) is 0 Å². The number of rotatable bonds is 2. The average Bonchev–Trinajstić information content (AvgIpc) is 3.06. The van der Waals surface area contributed by atoms with Crippen LogP contribution in [0.1, 0.15) is 0 Å². The molecule has 9 rings (SSSR count). The van der Waals surface area contributed by atoms with Crippen LogP contribution in [0.4, 0.5) is 11.4 Å². The Balaban J connectivity index is 0.988. The summed E-state index contributed by atoms with van der Waals surface area (Å²) in [6, 6.07) is 40.4. The van der Waals surface area contributed by atoms with Gasteiger partial charge in [0.25, 0.3) is 0 Å². The van der Waals surface area contributed by atoms with Gasteiger partial charge in [0.05, 0.1) is 26.4 Å². The molecule has 0 aliphatic carbocycles. The minimum absolute atomic E-state index is 0.675. The van der Waals surface area contributed by atoms with E-state index in [1.807, 2.05) is 0 Å². The molecule has 8 aromatic rings. The lowest BCUT2D eigenvalue weighted by Crippen LogP contribution is -2.36. The predicted molar refractivity (Wildman–Crippen MR) is 186 cm³/mol. The molecule has 0 saturated carbocycles. The van der Waals surface area contributed by atoms with Gasteiger partial charge in [0.1, 0.15) is 0 Å². The summed E-state index contributed by atoms with van der Waals surface area (Å²) in [4.78, 5) is 4.90. The number of anilines is 2. The molecule has 4 nitrogen and oxygen atoms in total. The fourth-order valence-electron chi connectivity index (χ4n) is 7.60. The molecule has 0 N–H and O–H groups in total. The van der Waals surface area contributed by atoms with Crippen LogP contribution in [-0.4, -0.2) is 52.6 Å². The first-order chi connectivity index (χ1) is 21.8. The van der Waals surface area contributed by atoms with Crippen LogP contribution in [0.15, 0.2) is 109 Å². The highest BCUT2D eigenvalue weighted by Crippen LogP contribution is 2.40. The summed E-state index contributed by atoms with van der Waals surface area (Å²) >= 11 is 0. The van der Waals surface area contributed by atoms with Gasteiger partial charge in [-0.05, 0) is 66.0 Å². The Morgan fingerprint density at radius 3 is 1.05 bits per heavy atom. The van der Waals surface area contributed by atoms with Gasteiger partial charge < -0.3 is 19.3 Å². The van der Waals surface area contributed by atoms with Gasteiger partial charge in [0.2, 0.25) is 0 Å². The second kappa shape index (κ2) is 10.5. The topological polar surface area (TPSA) is 24.9 Å². The maximum atomic E-state index is 6.34. The number of ether oxygens (including phenoxy) is 2. The molecule has 216 valence electrons. The normalized spacial score (nSPS) is 16.1. The van der Waals surface area contributed by atoms with Crippen molar-refractivity contribution < 1.29 is 9.47 Å². The Kier molecular flexibility index (Phi) is 6.17. The number of nitrogens with zero attached hydrogens (tertiary/aromatic N) is 2. The van der Waals surface area contributed by atoms with E-state index in [9.17, 15) is 0 Å². The highest BCUT2D eigenvalue weighted by molar-refractivity contribution is 6.26. The Labute approximate surface area is 256 Å². The van der Waals surface area contributed by atoms with Crippen LogP contribution in [0.3, 0.4) is 0 Å². The zero-order valence-corrected chi connectivity index (χ0v) is 24.8. The molecule has 0 bridgehead atoms. The molecule has 1 aliphatic heterocycles. The van der Waals surface area contributed by atoms with Gasteiger partial charge in [-0.15, -0.1) is 0 Å². The monoisotopic (exact) mass is 574 g/mol. The summed E-state index contributed by atoms with van der Waals surface area (Å²) < 4.78 is 12.7. The maximum Gasteiger partial charge on any atom is 0.0642 e. The Hall–Kier alpha value is -4.64. The van der Waals surface area contributed by atoms with Crippen molar-refractivity contribution in [2.75, 3.05) is 62.4 Å². The molecule has 0 atom stereocenters. The third-order valence-corrected chi connectivity index (χ3v) is 9.71. The third-order valence-electron chi connectivity index (χ3n) is 9.71. The molecule has 0 amide bonds. The van der Waals surface area contributed by atoms with E-state index < -0.39 is 0 Å². The minimum atomic E-state index is 0.675. The zero-order chi connectivity index (χ0) is 29.0. The summed E-state index contributed by atoms with van der Waals surface area (Å²) in [5.74, 6) is 0. The standard InChI is InChI=1S/C40H34N2O2/c1-3-27-7-9-31-13-17-35(33-15-11-29(5-1)37(27)39(31)33)41-19-23-43-25-21-42(22-26-44-24-20-41)36-18-14-32-10-8-28-4-2-6-30-12-16-34(36)40(32)38(28)30/h1-18H,19-26H2. The fraction of sp³-hybridized carbons (Fsp3) is 0.200. The van der Waals surface area contributed by atoms with Crippen molar-refractivity contribution in [3.8, 4) is 0 Å². The lowest BCUT2D eigenvalue weighted by atomic mass is 9.93. The summed E-state index contributed by atoms with van der Waals surface area (Å²) in [5, 5.41) is 15.8. The molecule has 0 aromatic heterocycles. The highest BCUT2D eigenvalue weighted by atomic mass is 16.5. The van der Waals surface area contributed by atoms with Crippen molar-refractivity contribution >= 4 is 76.0 Å². The second-order valence-electron chi connectivity index (χ2n) is 12.1. The van der Waals surface area contributed by atoms with E-state index in [1.54, 1.807) is 0 Å². The Morgan fingerprint density at radius 2 is 0.659 bits per heavy atom. The van der Waals surface area contributed by atoms with Crippen LogP contribution in [0.25, 0.3) is 64.6 Å². The summed E-state index contributed by atoms with van der Waals surface area (Å²) in [5.41, 5.74) is 2.52. The van der Waals surface area contributed by atoms with E-state index in [1.165, 1.54) is 76.0 Å². The van der Waals surface area contributed by atoms with E-state index in [-0.39, 0.29) is 0 Å². The summed E-state index contributed by atoms with van der Waals surface area (Å²) in [7, 11) is 0. The van der Waals surface area contributed by atoms with Gasteiger partial charge in [0.15, 0.2) is 0 Å². The van der Waals surface area contributed by atoms with Crippen LogP contribution in [0, 0.1) is 0 Å². The quantitative estimate of drug-likeness (QED) is 0.193. The Morgan fingerprint density at radius 1 is 0.341 bits per heavy atom. The molecule has 44 heavy (non-hydrogen) atoms. The molecular formula is C40H34N2O2. The molecule has 0 unspecified atom stereocenters. The first-order valence-electron chi connectivity index (χ1n) is 15.8. The molecule has 0 spiro atoms. The summed E-state index contributed by atoms with van der Waals surface area (Å²) in [6.45, 7) is 6.00. The molecule has 4 heteroatoms. The molecule has 1 saturated heterocycles. The van der Waals surface area contributed by atoms with Gasteiger partial charge in [-0.3, -0.25) is 0 Å². The van der Waals surface area contributed by atoms with Crippen molar-refractivity contribution in [1.29, 1.82) is 0 Å². The SMILES string of the molecule is c1cc2ccc3ccc(N4CCOCCN(c5ccc6ccc7cccc8ccc5c6c78)CCOCC4)c4ccc(c1)c2c34. The molecule has 1 fully saturated rings. The average molecular weight is 575 g/mol. The van der Waals surface area contributed by atoms with E-state index in [4.69, 9.17) is 9.47 Å². The van der Waals surface area contributed by atoms with E-state index in [0.717, 1.165) is 26.2 Å². The van der Waals surface area contributed by atoms with Crippen molar-refractivity contribution in [2.24, 2.45) is 0 Å².